The number of amides is 1. The number of Topliss-reactive ketones (excluding diaryl/α,β-unsaturated/α-hetero) is 2. The normalized spacial score (nSPS) is 25.0. The average molecular weight is 599 g/mol. The van der Waals surface area contributed by atoms with Crippen LogP contribution >= 0.6 is 0 Å². The standard InChI is InChI=1S/C30H32F2N4O7/c1-35(2)19-10-18(34-11-12-5-14(31)9-15(32)6-12)24(37)21-16(19)7-13-8-17-23(36(3)4)26(39)22(29(33)42)28(41)30(17,43)27(40)20(13)25(21)38/h5-6,9-10,13,17,23,34,37,39-40,43H,7-8,11H2,1-4H3,(H2,33,42)/t13-,17-,23-,30-/m0/s1. The summed E-state index contributed by atoms with van der Waals surface area (Å²) in [6.45, 7) is -0.105. The SMILES string of the molecule is CN(C)c1cc(NCc2cc(F)cc(F)c2)c(O)c2c1C[C@H]1C[C@H]3[C@H](N(C)C)C(O)=C(C(N)=O)C(=O)[C@@]3(O)C(O)=C1C2=O. The van der Waals surface area contributed by atoms with Crippen molar-refractivity contribution in [2.75, 3.05) is 38.4 Å². The van der Waals surface area contributed by atoms with Crippen molar-refractivity contribution in [3.8, 4) is 5.75 Å². The van der Waals surface area contributed by atoms with E-state index < -0.39 is 75.4 Å². The first-order valence-corrected chi connectivity index (χ1v) is 13.5. The van der Waals surface area contributed by atoms with Gasteiger partial charge in [0.1, 0.15) is 34.5 Å². The third-order valence-corrected chi connectivity index (χ3v) is 8.59. The molecule has 1 amide bonds. The lowest BCUT2D eigenvalue weighted by Gasteiger charge is -2.50. The number of nitrogens with one attached hydrogen (secondary N) is 1. The van der Waals surface area contributed by atoms with E-state index in [1.54, 1.807) is 39.2 Å². The zero-order chi connectivity index (χ0) is 31.7. The largest absolute Gasteiger partial charge is 0.510 e. The average Bonchev–Trinajstić information content (AvgIpc) is 2.89. The number of rotatable bonds is 6. The summed E-state index contributed by atoms with van der Waals surface area (Å²) in [4.78, 5) is 42.9. The number of fused-ring (bicyclic) bond motifs is 3. The maximum absolute atomic E-state index is 14.1. The highest BCUT2D eigenvalue weighted by Crippen LogP contribution is 2.54. The van der Waals surface area contributed by atoms with Crippen LogP contribution in [-0.4, -0.2) is 82.6 Å². The highest BCUT2D eigenvalue weighted by molar-refractivity contribution is 6.25. The molecule has 0 unspecified atom stereocenters. The van der Waals surface area contributed by atoms with Crippen LogP contribution < -0.4 is 16.0 Å². The van der Waals surface area contributed by atoms with E-state index in [0.717, 1.165) is 18.2 Å². The van der Waals surface area contributed by atoms with Gasteiger partial charge in [-0.25, -0.2) is 8.78 Å². The summed E-state index contributed by atoms with van der Waals surface area (Å²) in [5.41, 5.74) is 2.56. The summed E-state index contributed by atoms with van der Waals surface area (Å²) >= 11 is 0. The molecule has 0 saturated heterocycles. The van der Waals surface area contributed by atoms with Crippen molar-refractivity contribution in [1.29, 1.82) is 0 Å². The van der Waals surface area contributed by atoms with Gasteiger partial charge >= 0.3 is 0 Å². The molecule has 0 bridgehead atoms. The number of anilines is 2. The molecular formula is C30H32F2N4O7. The molecule has 0 radical (unpaired) electrons. The molecule has 0 aliphatic heterocycles. The second kappa shape index (κ2) is 10.3. The summed E-state index contributed by atoms with van der Waals surface area (Å²) in [7, 11) is 6.56. The van der Waals surface area contributed by atoms with Gasteiger partial charge < -0.3 is 36.4 Å². The minimum Gasteiger partial charge on any atom is -0.510 e. The van der Waals surface area contributed by atoms with Crippen LogP contribution in [0, 0.1) is 23.5 Å². The van der Waals surface area contributed by atoms with Crippen LogP contribution in [0.1, 0.15) is 27.9 Å². The summed E-state index contributed by atoms with van der Waals surface area (Å²) < 4.78 is 27.4. The van der Waals surface area contributed by atoms with E-state index in [1.165, 1.54) is 4.90 Å². The van der Waals surface area contributed by atoms with Gasteiger partial charge in [-0.15, -0.1) is 0 Å². The minimum absolute atomic E-state index is 0.0372. The number of phenols is 1. The Morgan fingerprint density at radius 2 is 1.70 bits per heavy atom. The molecule has 0 saturated carbocycles. The number of hydrogen-bond acceptors (Lipinski definition) is 10. The van der Waals surface area contributed by atoms with Crippen LogP contribution in [0.15, 0.2) is 46.9 Å². The Bertz CT molecular complexity index is 1630. The van der Waals surface area contributed by atoms with Gasteiger partial charge in [0.25, 0.3) is 5.91 Å². The van der Waals surface area contributed by atoms with E-state index in [0.29, 0.717) is 11.3 Å². The second-order valence-electron chi connectivity index (χ2n) is 11.6. The van der Waals surface area contributed by atoms with Crippen LogP contribution in [-0.2, 0) is 22.6 Å². The molecule has 0 heterocycles. The van der Waals surface area contributed by atoms with Crippen molar-refractivity contribution in [2.24, 2.45) is 17.6 Å². The third-order valence-electron chi connectivity index (χ3n) is 8.59. The van der Waals surface area contributed by atoms with E-state index in [9.17, 15) is 43.6 Å². The molecule has 3 aliphatic carbocycles. The number of halogens is 2. The van der Waals surface area contributed by atoms with Gasteiger partial charge in [-0.1, -0.05) is 0 Å². The monoisotopic (exact) mass is 598 g/mol. The zero-order valence-corrected chi connectivity index (χ0v) is 23.9. The van der Waals surface area contributed by atoms with Crippen LogP contribution in [0.4, 0.5) is 20.2 Å². The number of aromatic hydroxyl groups is 1. The van der Waals surface area contributed by atoms with Crippen LogP contribution in [0.2, 0.25) is 0 Å². The Balaban J connectivity index is 1.64. The topological polar surface area (TPSA) is 177 Å². The number of benzene rings is 2. The van der Waals surface area contributed by atoms with Crippen molar-refractivity contribution in [2.45, 2.75) is 31.0 Å². The number of likely N-dealkylation sites (N-methyl/N-ethyl adjacent to an activating group) is 1. The van der Waals surface area contributed by atoms with Crippen molar-refractivity contribution >= 4 is 28.8 Å². The summed E-state index contributed by atoms with van der Waals surface area (Å²) in [5, 5.41) is 48.3. The van der Waals surface area contributed by atoms with Crippen LogP contribution in [0.3, 0.4) is 0 Å². The number of carbonyl (C=O) groups excluding carboxylic acids is 3. The molecule has 11 nitrogen and oxygen atoms in total. The van der Waals surface area contributed by atoms with E-state index in [1.807, 2.05) is 0 Å². The number of nitrogens with two attached hydrogens (primary N) is 1. The number of aliphatic hydroxyl groups excluding tert-OH is 2. The van der Waals surface area contributed by atoms with Crippen molar-refractivity contribution < 1.29 is 43.6 Å². The van der Waals surface area contributed by atoms with E-state index >= 15 is 0 Å². The number of ketones is 2. The number of allylic oxidation sites excluding steroid dienone is 1. The van der Waals surface area contributed by atoms with Crippen molar-refractivity contribution in [3.05, 3.63) is 75.3 Å². The fourth-order valence-electron chi connectivity index (χ4n) is 6.74. The molecule has 4 atom stereocenters. The molecule has 5 rings (SSSR count). The quantitative estimate of drug-likeness (QED) is 0.213. The number of aliphatic hydroxyl groups is 3. The Kier molecular flexibility index (Phi) is 7.22. The Labute approximate surface area is 245 Å². The minimum atomic E-state index is -2.75. The molecule has 0 spiro atoms. The first-order valence-electron chi connectivity index (χ1n) is 13.5. The number of primary amides is 1. The second-order valence-corrected chi connectivity index (χ2v) is 11.6. The summed E-state index contributed by atoms with van der Waals surface area (Å²) in [6, 6.07) is 3.45. The molecule has 2 aromatic carbocycles. The first-order chi connectivity index (χ1) is 20.1. The lowest BCUT2D eigenvalue weighted by atomic mass is 9.58. The predicted molar refractivity (Wildman–Crippen MR) is 152 cm³/mol. The third kappa shape index (κ3) is 4.50. The molecule has 2 aromatic rings. The molecule has 3 aliphatic rings. The zero-order valence-electron chi connectivity index (χ0n) is 23.9. The number of nitrogens with zero attached hydrogens (tertiary/aromatic N) is 2. The molecule has 43 heavy (non-hydrogen) atoms. The lowest BCUT2D eigenvalue weighted by Crippen LogP contribution is -2.63. The van der Waals surface area contributed by atoms with E-state index in [2.05, 4.69) is 5.32 Å². The fourth-order valence-corrected chi connectivity index (χ4v) is 6.74. The fraction of sp³-hybridized carbons (Fsp3) is 0.367. The van der Waals surface area contributed by atoms with Gasteiger partial charge in [0, 0.05) is 43.9 Å². The predicted octanol–water partition coefficient (Wildman–Crippen LogP) is 2.08. The van der Waals surface area contributed by atoms with Gasteiger partial charge in [-0.3, -0.25) is 19.3 Å². The maximum Gasteiger partial charge on any atom is 0.255 e. The summed E-state index contributed by atoms with van der Waals surface area (Å²) in [5.74, 6) is -8.99. The van der Waals surface area contributed by atoms with Gasteiger partial charge in [0.05, 0.1) is 17.3 Å². The lowest BCUT2D eigenvalue weighted by molar-refractivity contribution is -0.148. The molecule has 228 valence electrons. The van der Waals surface area contributed by atoms with E-state index in [-0.39, 0.29) is 41.8 Å². The molecule has 13 heteroatoms. The number of hydrogen-bond donors (Lipinski definition) is 6. The summed E-state index contributed by atoms with van der Waals surface area (Å²) in [6.07, 6.45) is 0.0789. The van der Waals surface area contributed by atoms with Gasteiger partial charge in [-0.05, 0) is 62.2 Å². The van der Waals surface area contributed by atoms with Gasteiger partial charge in [-0.2, -0.15) is 0 Å². The highest BCUT2D eigenvalue weighted by Gasteiger charge is 2.63. The number of phenolic OH excluding ortho intramolecular Hbond substituents is 1. The Morgan fingerprint density at radius 3 is 2.26 bits per heavy atom. The molecule has 0 aromatic heterocycles. The highest BCUT2D eigenvalue weighted by atomic mass is 19.1. The van der Waals surface area contributed by atoms with Gasteiger partial charge in [0.2, 0.25) is 5.78 Å². The van der Waals surface area contributed by atoms with E-state index in [4.69, 9.17) is 5.73 Å². The van der Waals surface area contributed by atoms with Crippen molar-refractivity contribution in [3.63, 3.8) is 0 Å². The Morgan fingerprint density at radius 1 is 1.07 bits per heavy atom. The smallest absolute Gasteiger partial charge is 0.255 e. The molecule has 0 fully saturated rings. The van der Waals surface area contributed by atoms with Crippen LogP contribution in [0.5, 0.6) is 5.75 Å². The molecular weight excluding hydrogens is 566 g/mol. The molecule has 7 N–H and O–H groups in total. The Hall–Kier alpha value is -4.49. The van der Waals surface area contributed by atoms with Crippen LogP contribution in [0.25, 0.3) is 0 Å². The maximum atomic E-state index is 14.1. The van der Waals surface area contributed by atoms with Gasteiger partial charge in [0.15, 0.2) is 11.4 Å². The first kappa shape index (κ1) is 30.0. The number of carbonyl (C=O) groups is 3. The van der Waals surface area contributed by atoms with Crippen molar-refractivity contribution in [1.82, 2.24) is 4.90 Å².